The van der Waals surface area contributed by atoms with Crippen LogP contribution in [0, 0.1) is 5.82 Å². The molecule has 0 aromatic heterocycles. The fraction of sp³-hybridized carbons (Fsp3) is 0.333. The first-order valence-corrected chi connectivity index (χ1v) is 4.95. The van der Waals surface area contributed by atoms with Gasteiger partial charge in [-0.05, 0) is 17.7 Å². The molecule has 16 heavy (non-hydrogen) atoms. The molecule has 86 valence electrons. The second-order valence-corrected chi connectivity index (χ2v) is 3.42. The summed E-state index contributed by atoms with van der Waals surface area (Å²) >= 11 is 0. The van der Waals surface area contributed by atoms with Crippen molar-refractivity contribution in [1.82, 2.24) is 0 Å². The largest absolute Gasteiger partial charge is 0.469 e. The first kappa shape index (κ1) is 12.4. The van der Waals surface area contributed by atoms with Crippen LogP contribution in [0.5, 0.6) is 0 Å². The third-order valence-corrected chi connectivity index (χ3v) is 2.13. The number of hydrogen-bond donors (Lipinski definition) is 0. The summed E-state index contributed by atoms with van der Waals surface area (Å²) in [4.78, 5) is 22.2. The number of ether oxygens (including phenoxy) is 1. The molecular weight excluding hydrogens is 211 g/mol. The van der Waals surface area contributed by atoms with Gasteiger partial charge in [-0.1, -0.05) is 12.1 Å². The van der Waals surface area contributed by atoms with E-state index < -0.39 is 5.97 Å². The van der Waals surface area contributed by atoms with Gasteiger partial charge in [0.2, 0.25) is 0 Å². The molecule has 0 heterocycles. The van der Waals surface area contributed by atoms with Crippen LogP contribution < -0.4 is 0 Å². The minimum atomic E-state index is -0.410. The van der Waals surface area contributed by atoms with Gasteiger partial charge >= 0.3 is 5.97 Å². The van der Waals surface area contributed by atoms with E-state index in [2.05, 4.69) is 4.74 Å². The highest BCUT2D eigenvalue weighted by molar-refractivity contribution is 5.84. The molecule has 0 radical (unpaired) electrons. The van der Waals surface area contributed by atoms with Gasteiger partial charge in [-0.2, -0.15) is 0 Å². The number of rotatable bonds is 5. The maximum absolute atomic E-state index is 12.8. The molecule has 0 N–H and O–H groups in total. The number of halogens is 1. The van der Waals surface area contributed by atoms with E-state index in [-0.39, 0.29) is 30.9 Å². The van der Waals surface area contributed by atoms with Gasteiger partial charge in [0.15, 0.2) is 0 Å². The van der Waals surface area contributed by atoms with Crippen LogP contribution in [0.3, 0.4) is 0 Å². The second kappa shape index (κ2) is 6.00. The molecule has 0 aliphatic carbocycles. The molecule has 3 nitrogen and oxygen atoms in total. The van der Waals surface area contributed by atoms with Crippen LogP contribution in [0.4, 0.5) is 4.39 Å². The quantitative estimate of drug-likeness (QED) is 0.717. The van der Waals surface area contributed by atoms with E-state index >= 15 is 0 Å². The number of carbonyl (C=O) groups is 2. The van der Waals surface area contributed by atoms with Crippen LogP contribution in [-0.4, -0.2) is 18.9 Å². The van der Waals surface area contributed by atoms with Crippen molar-refractivity contribution in [2.24, 2.45) is 0 Å². The summed E-state index contributed by atoms with van der Waals surface area (Å²) < 4.78 is 17.2. The molecular formula is C12H13FO3. The van der Waals surface area contributed by atoms with Crippen molar-refractivity contribution in [2.45, 2.75) is 19.3 Å². The molecule has 0 aliphatic rings. The third-order valence-electron chi connectivity index (χ3n) is 2.13. The standard InChI is InChI=1S/C12H13FO3/c1-16-12(15)6-5-11(14)8-9-3-2-4-10(13)7-9/h2-4,7H,5-6,8H2,1H3. The number of carbonyl (C=O) groups excluding carboxylic acids is 2. The number of esters is 1. The lowest BCUT2D eigenvalue weighted by atomic mass is 10.1. The number of Topliss-reactive ketones (excluding diaryl/α,β-unsaturated/α-hetero) is 1. The van der Waals surface area contributed by atoms with Crippen LogP contribution in [0.25, 0.3) is 0 Å². The first-order chi connectivity index (χ1) is 7.61. The van der Waals surface area contributed by atoms with Gasteiger partial charge in [0.05, 0.1) is 13.5 Å². The SMILES string of the molecule is COC(=O)CCC(=O)Cc1cccc(F)c1. The predicted octanol–water partition coefficient (Wildman–Crippen LogP) is 1.89. The monoisotopic (exact) mass is 224 g/mol. The highest BCUT2D eigenvalue weighted by Gasteiger charge is 2.08. The van der Waals surface area contributed by atoms with Crippen LogP contribution in [0.1, 0.15) is 18.4 Å². The van der Waals surface area contributed by atoms with Crippen molar-refractivity contribution in [3.05, 3.63) is 35.6 Å². The Labute approximate surface area is 93.2 Å². The molecule has 1 rings (SSSR count). The fourth-order valence-electron chi connectivity index (χ4n) is 1.31. The lowest BCUT2D eigenvalue weighted by Gasteiger charge is -2.01. The molecule has 0 saturated carbocycles. The van der Waals surface area contributed by atoms with Crippen LogP contribution in [-0.2, 0) is 20.7 Å². The smallest absolute Gasteiger partial charge is 0.305 e. The summed E-state index contributed by atoms with van der Waals surface area (Å²) in [6.07, 6.45) is 0.350. The molecule has 0 spiro atoms. The van der Waals surface area contributed by atoms with Crippen molar-refractivity contribution < 1.29 is 18.7 Å². The summed E-state index contributed by atoms with van der Waals surface area (Å²) in [6.45, 7) is 0. The van der Waals surface area contributed by atoms with Gasteiger partial charge in [-0.15, -0.1) is 0 Å². The zero-order valence-corrected chi connectivity index (χ0v) is 9.03. The number of hydrogen-bond acceptors (Lipinski definition) is 3. The maximum Gasteiger partial charge on any atom is 0.305 e. The van der Waals surface area contributed by atoms with Gasteiger partial charge in [-0.25, -0.2) is 4.39 Å². The Morgan fingerprint density at radius 2 is 2.06 bits per heavy atom. The number of ketones is 1. The molecule has 0 unspecified atom stereocenters. The molecule has 0 aliphatic heterocycles. The van der Waals surface area contributed by atoms with E-state index in [4.69, 9.17) is 0 Å². The van der Waals surface area contributed by atoms with Crippen LogP contribution in [0.2, 0.25) is 0 Å². The Morgan fingerprint density at radius 3 is 2.69 bits per heavy atom. The number of methoxy groups -OCH3 is 1. The molecule has 0 saturated heterocycles. The van der Waals surface area contributed by atoms with Crippen LogP contribution >= 0.6 is 0 Å². The summed E-state index contributed by atoms with van der Waals surface area (Å²) in [5, 5.41) is 0. The molecule has 0 atom stereocenters. The Morgan fingerprint density at radius 1 is 1.31 bits per heavy atom. The maximum atomic E-state index is 12.8. The highest BCUT2D eigenvalue weighted by Crippen LogP contribution is 2.06. The van der Waals surface area contributed by atoms with Crippen molar-refractivity contribution >= 4 is 11.8 Å². The van der Waals surface area contributed by atoms with Gasteiger partial charge < -0.3 is 4.74 Å². The van der Waals surface area contributed by atoms with E-state index in [1.54, 1.807) is 12.1 Å². The van der Waals surface area contributed by atoms with Crippen molar-refractivity contribution in [1.29, 1.82) is 0 Å². The zero-order chi connectivity index (χ0) is 12.0. The van der Waals surface area contributed by atoms with Crippen molar-refractivity contribution in [3.8, 4) is 0 Å². The molecule has 0 amide bonds. The topological polar surface area (TPSA) is 43.4 Å². The molecule has 1 aromatic rings. The highest BCUT2D eigenvalue weighted by atomic mass is 19.1. The molecule has 1 aromatic carbocycles. The lowest BCUT2D eigenvalue weighted by Crippen LogP contribution is -2.07. The normalized spacial score (nSPS) is 9.88. The fourth-order valence-corrected chi connectivity index (χ4v) is 1.31. The van der Waals surface area contributed by atoms with E-state index in [0.29, 0.717) is 5.56 Å². The van der Waals surface area contributed by atoms with E-state index in [9.17, 15) is 14.0 Å². The summed E-state index contributed by atoms with van der Waals surface area (Å²) in [5.41, 5.74) is 0.620. The summed E-state index contributed by atoms with van der Waals surface area (Å²) in [6, 6.07) is 5.87. The van der Waals surface area contributed by atoms with Gasteiger partial charge in [0.1, 0.15) is 11.6 Å². The van der Waals surface area contributed by atoms with Gasteiger partial charge in [0, 0.05) is 12.8 Å². The lowest BCUT2D eigenvalue weighted by molar-refractivity contribution is -0.141. The molecule has 0 bridgehead atoms. The third kappa shape index (κ3) is 4.21. The molecule has 0 fully saturated rings. The number of benzene rings is 1. The van der Waals surface area contributed by atoms with Gasteiger partial charge in [0.25, 0.3) is 0 Å². The Kier molecular flexibility index (Phi) is 4.64. The zero-order valence-electron chi connectivity index (χ0n) is 9.03. The molecule has 4 heteroatoms. The Bertz CT molecular complexity index is 388. The Balaban J connectivity index is 2.43. The van der Waals surface area contributed by atoms with Crippen LogP contribution in [0.15, 0.2) is 24.3 Å². The predicted molar refractivity (Wildman–Crippen MR) is 56.4 cm³/mol. The Hall–Kier alpha value is -1.71. The second-order valence-electron chi connectivity index (χ2n) is 3.42. The van der Waals surface area contributed by atoms with Crippen molar-refractivity contribution in [2.75, 3.05) is 7.11 Å². The van der Waals surface area contributed by atoms with Gasteiger partial charge in [-0.3, -0.25) is 9.59 Å². The summed E-state index contributed by atoms with van der Waals surface area (Å²) in [7, 11) is 1.28. The van der Waals surface area contributed by atoms with E-state index in [0.717, 1.165) is 0 Å². The van der Waals surface area contributed by atoms with Crippen molar-refractivity contribution in [3.63, 3.8) is 0 Å². The average molecular weight is 224 g/mol. The van der Waals surface area contributed by atoms with E-state index in [1.807, 2.05) is 0 Å². The van der Waals surface area contributed by atoms with E-state index in [1.165, 1.54) is 19.2 Å². The average Bonchev–Trinajstić information content (AvgIpc) is 2.26. The minimum Gasteiger partial charge on any atom is -0.469 e. The minimum absolute atomic E-state index is 0.0741. The first-order valence-electron chi connectivity index (χ1n) is 4.95. The summed E-state index contributed by atoms with van der Waals surface area (Å²) in [5.74, 6) is -0.873.